The molecular formula is C19H22F3N5O. The number of rotatable bonds is 4. The highest BCUT2D eigenvalue weighted by Gasteiger charge is 2.30. The molecule has 9 heteroatoms. The van der Waals surface area contributed by atoms with Gasteiger partial charge in [-0.3, -0.25) is 9.69 Å². The molecule has 0 bridgehead atoms. The maximum Gasteiger partial charge on any atom is 0.416 e. The number of halogens is 3. The van der Waals surface area contributed by atoms with Crippen molar-refractivity contribution < 1.29 is 18.0 Å². The normalized spacial score (nSPS) is 15.5. The lowest BCUT2D eigenvalue weighted by molar-refractivity contribution is -0.137. The highest BCUT2D eigenvalue weighted by Crippen LogP contribution is 2.30. The smallest absolute Gasteiger partial charge is 0.338 e. The fraction of sp³-hybridized carbons (Fsp3) is 0.421. The van der Waals surface area contributed by atoms with Gasteiger partial charge in [0.25, 0.3) is 0 Å². The minimum absolute atomic E-state index is 0.123. The topological polar surface area (TPSA) is 61.4 Å². The van der Waals surface area contributed by atoms with Crippen molar-refractivity contribution in [2.75, 3.05) is 42.9 Å². The first-order valence-electron chi connectivity index (χ1n) is 8.97. The summed E-state index contributed by atoms with van der Waals surface area (Å²) in [4.78, 5) is 25.1. The molecule has 150 valence electrons. The van der Waals surface area contributed by atoms with Crippen LogP contribution in [0.4, 0.5) is 24.8 Å². The molecule has 0 spiro atoms. The largest absolute Gasteiger partial charge is 0.416 e. The van der Waals surface area contributed by atoms with Crippen LogP contribution in [0.25, 0.3) is 0 Å². The predicted octanol–water partition coefficient (Wildman–Crippen LogP) is 2.87. The molecule has 0 aliphatic carbocycles. The van der Waals surface area contributed by atoms with E-state index >= 15 is 0 Å². The van der Waals surface area contributed by atoms with Crippen LogP contribution in [0.15, 0.2) is 30.3 Å². The molecule has 1 aliphatic heterocycles. The van der Waals surface area contributed by atoms with Gasteiger partial charge in [-0.25, -0.2) is 9.97 Å². The SMILES string of the molecule is Cc1cc(C)nc(N2CCN(CC(=O)Nc3cccc(C(F)(F)F)c3)CC2)n1. The van der Waals surface area contributed by atoms with Crippen LogP contribution >= 0.6 is 0 Å². The van der Waals surface area contributed by atoms with E-state index in [1.807, 2.05) is 24.8 Å². The van der Waals surface area contributed by atoms with E-state index in [0.717, 1.165) is 23.5 Å². The van der Waals surface area contributed by atoms with Gasteiger partial charge < -0.3 is 10.2 Å². The molecular weight excluding hydrogens is 371 g/mol. The summed E-state index contributed by atoms with van der Waals surface area (Å²) in [5.74, 6) is 0.348. The second-order valence-corrected chi connectivity index (χ2v) is 6.84. The molecule has 1 aromatic carbocycles. The highest BCUT2D eigenvalue weighted by atomic mass is 19.4. The molecule has 1 aliphatic rings. The van der Waals surface area contributed by atoms with Crippen LogP contribution in [0.5, 0.6) is 0 Å². The Morgan fingerprint density at radius 3 is 2.32 bits per heavy atom. The fourth-order valence-corrected chi connectivity index (χ4v) is 3.13. The highest BCUT2D eigenvalue weighted by molar-refractivity contribution is 5.92. The van der Waals surface area contributed by atoms with Crippen LogP contribution in [0.2, 0.25) is 0 Å². The zero-order chi connectivity index (χ0) is 20.3. The zero-order valence-corrected chi connectivity index (χ0v) is 15.8. The fourth-order valence-electron chi connectivity index (χ4n) is 3.13. The van der Waals surface area contributed by atoms with Crippen molar-refractivity contribution in [3.05, 3.63) is 47.3 Å². The van der Waals surface area contributed by atoms with Gasteiger partial charge in [-0.2, -0.15) is 13.2 Å². The number of hydrogen-bond donors (Lipinski definition) is 1. The molecule has 1 N–H and O–H groups in total. The van der Waals surface area contributed by atoms with Crippen molar-refractivity contribution in [1.82, 2.24) is 14.9 Å². The van der Waals surface area contributed by atoms with E-state index < -0.39 is 11.7 Å². The van der Waals surface area contributed by atoms with Gasteiger partial charge in [-0.1, -0.05) is 6.07 Å². The van der Waals surface area contributed by atoms with Gasteiger partial charge in [0.15, 0.2) is 0 Å². The van der Waals surface area contributed by atoms with Crippen molar-refractivity contribution >= 4 is 17.5 Å². The number of nitrogens with zero attached hydrogens (tertiary/aromatic N) is 4. The molecule has 2 heterocycles. The lowest BCUT2D eigenvalue weighted by Crippen LogP contribution is -2.49. The Balaban J connectivity index is 1.53. The lowest BCUT2D eigenvalue weighted by atomic mass is 10.2. The summed E-state index contributed by atoms with van der Waals surface area (Å²) in [5.41, 5.74) is 1.17. The molecule has 1 fully saturated rings. The van der Waals surface area contributed by atoms with E-state index in [9.17, 15) is 18.0 Å². The van der Waals surface area contributed by atoms with Gasteiger partial charge in [-0.15, -0.1) is 0 Å². The number of aryl methyl sites for hydroxylation is 2. The molecule has 2 aromatic rings. The Labute approximate surface area is 161 Å². The van der Waals surface area contributed by atoms with E-state index in [1.165, 1.54) is 12.1 Å². The monoisotopic (exact) mass is 393 g/mol. The Hall–Kier alpha value is -2.68. The maximum atomic E-state index is 12.8. The molecule has 0 atom stereocenters. The summed E-state index contributed by atoms with van der Waals surface area (Å²) >= 11 is 0. The third-order valence-corrected chi connectivity index (χ3v) is 4.47. The van der Waals surface area contributed by atoms with Crippen molar-refractivity contribution in [3.63, 3.8) is 0 Å². The van der Waals surface area contributed by atoms with Crippen LogP contribution < -0.4 is 10.2 Å². The molecule has 0 saturated carbocycles. The quantitative estimate of drug-likeness (QED) is 0.866. The van der Waals surface area contributed by atoms with E-state index in [4.69, 9.17) is 0 Å². The van der Waals surface area contributed by atoms with Crippen LogP contribution in [0, 0.1) is 13.8 Å². The summed E-state index contributed by atoms with van der Waals surface area (Å²) in [6, 6.07) is 6.55. The summed E-state index contributed by atoms with van der Waals surface area (Å²) in [5, 5.41) is 2.54. The van der Waals surface area contributed by atoms with E-state index in [0.29, 0.717) is 32.1 Å². The second kappa shape index (κ2) is 8.14. The van der Waals surface area contributed by atoms with Crippen LogP contribution in [0.1, 0.15) is 17.0 Å². The first kappa shape index (κ1) is 20.1. The molecule has 6 nitrogen and oxygen atoms in total. The molecule has 1 aromatic heterocycles. The summed E-state index contributed by atoms with van der Waals surface area (Å²) in [6.45, 7) is 6.62. The molecule has 3 rings (SSSR count). The van der Waals surface area contributed by atoms with Gasteiger partial charge in [0.05, 0.1) is 12.1 Å². The zero-order valence-electron chi connectivity index (χ0n) is 15.8. The average molecular weight is 393 g/mol. The van der Waals surface area contributed by atoms with Gasteiger partial charge in [-0.05, 0) is 38.1 Å². The number of piperazine rings is 1. The first-order chi connectivity index (χ1) is 13.2. The third-order valence-electron chi connectivity index (χ3n) is 4.47. The molecule has 1 saturated heterocycles. The minimum Gasteiger partial charge on any atom is -0.338 e. The van der Waals surface area contributed by atoms with Crippen molar-refractivity contribution in [1.29, 1.82) is 0 Å². The Kier molecular flexibility index (Phi) is 5.83. The number of nitrogens with one attached hydrogen (secondary N) is 1. The molecule has 28 heavy (non-hydrogen) atoms. The van der Waals surface area contributed by atoms with Crippen LogP contribution in [-0.4, -0.2) is 53.5 Å². The van der Waals surface area contributed by atoms with Crippen LogP contribution in [-0.2, 0) is 11.0 Å². The van der Waals surface area contributed by atoms with Gasteiger partial charge in [0, 0.05) is 43.3 Å². The number of amides is 1. The van der Waals surface area contributed by atoms with E-state index in [2.05, 4.69) is 20.2 Å². The molecule has 0 unspecified atom stereocenters. The number of carbonyl (C=O) groups is 1. The second-order valence-electron chi connectivity index (χ2n) is 6.84. The number of alkyl halides is 3. The van der Waals surface area contributed by atoms with Gasteiger partial charge in [0.1, 0.15) is 0 Å². The van der Waals surface area contributed by atoms with Gasteiger partial charge >= 0.3 is 6.18 Å². The maximum absolute atomic E-state index is 12.8. The van der Waals surface area contributed by atoms with Gasteiger partial charge in [0.2, 0.25) is 11.9 Å². The summed E-state index contributed by atoms with van der Waals surface area (Å²) in [6.07, 6.45) is -4.44. The molecule has 0 radical (unpaired) electrons. The average Bonchev–Trinajstić information content (AvgIpc) is 2.61. The number of aromatic nitrogens is 2. The number of benzene rings is 1. The molecule has 1 amide bonds. The Bertz CT molecular complexity index is 827. The van der Waals surface area contributed by atoms with Crippen molar-refractivity contribution in [3.8, 4) is 0 Å². The number of hydrogen-bond acceptors (Lipinski definition) is 5. The van der Waals surface area contributed by atoms with Crippen molar-refractivity contribution in [2.45, 2.75) is 20.0 Å². The Morgan fingerprint density at radius 2 is 1.71 bits per heavy atom. The standard InChI is InChI=1S/C19H22F3N5O/c1-13-10-14(2)24-18(23-13)27-8-6-26(7-9-27)12-17(28)25-16-5-3-4-15(11-16)19(20,21)22/h3-5,10-11H,6-9,12H2,1-2H3,(H,25,28). The third kappa shape index (κ3) is 5.19. The van der Waals surface area contributed by atoms with Crippen LogP contribution in [0.3, 0.4) is 0 Å². The Morgan fingerprint density at radius 1 is 1.07 bits per heavy atom. The van der Waals surface area contributed by atoms with E-state index in [-0.39, 0.29) is 18.1 Å². The predicted molar refractivity (Wildman–Crippen MR) is 100 cm³/mol. The summed E-state index contributed by atoms with van der Waals surface area (Å²) < 4.78 is 38.3. The van der Waals surface area contributed by atoms with Crippen molar-refractivity contribution in [2.24, 2.45) is 0 Å². The number of anilines is 2. The lowest BCUT2D eigenvalue weighted by Gasteiger charge is -2.34. The number of carbonyl (C=O) groups excluding carboxylic acids is 1. The minimum atomic E-state index is -4.44. The first-order valence-corrected chi connectivity index (χ1v) is 8.97. The van der Waals surface area contributed by atoms with E-state index in [1.54, 1.807) is 0 Å². The summed E-state index contributed by atoms with van der Waals surface area (Å²) in [7, 11) is 0.